The predicted octanol–water partition coefficient (Wildman–Crippen LogP) is 4.25. The fourth-order valence-corrected chi connectivity index (χ4v) is 3.70. The van der Waals surface area contributed by atoms with Crippen molar-refractivity contribution in [1.29, 1.82) is 0 Å². The van der Waals surface area contributed by atoms with Crippen LogP contribution < -0.4 is 10.1 Å². The van der Waals surface area contributed by atoms with E-state index in [1.807, 2.05) is 56.3 Å². The van der Waals surface area contributed by atoms with E-state index in [2.05, 4.69) is 28.2 Å². The number of nitrogens with one attached hydrogen (secondary N) is 1. The van der Waals surface area contributed by atoms with Gasteiger partial charge in [0.25, 0.3) is 5.91 Å². The van der Waals surface area contributed by atoms with Crippen molar-refractivity contribution in [2.75, 3.05) is 13.7 Å². The number of halogens is 1. The van der Waals surface area contributed by atoms with Gasteiger partial charge in [0.1, 0.15) is 11.8 Å². The van der Waals surface area contributed by atoms with Crippen LogP contribution in [0.5, 0.6) is 5.75 Å². The number of hydrogen-bond acceptors (Lipinski definition) is 3. The zero-order valence-electron chi connectivity index (χ0n) is 17.5. The Balaban J connectivity index is 2.21. The van der Waals surface area contributed by atoms with Crippen molar-refractivity contribution in [1.82, 2.24) is 10.2 Å². The summed E-state index contributed by atoms with van der Waals surface area (Å²) in [5.74, 6) is 0.206. The van der Waals surface area contributed by atoms with Gasteiger partial charge >= 0.3 is 0 Å². The van der Waals surface area contributed by atoms with Crippen LogP contribution in [0.3, 0.4) is 0 Å². The number of amides is 2. The Morgan fingerprint density at radius 2 is 1.90 bits per heavy atom. The third-order valence-electron chi connectivity index (χ3n) is 4.99. The van der Waals surface area contributed by atoms with E-state index in [0.717, 1.165) is 22.0 Å². The lowest BCUT2D eigenvalue weighted by Gasteiger charge is -2.30. The van der Waals surface area contributed by atoms with Crippen molar-refractivity contribution in [3.8, 4) is 5.75 Å². The molecule has 29 heavy (non-hydrogen) atoms. The second-order valence-electron chi connectivity index (χ2n) is 6.89. The molecule has 0 saturated heterocycles. The van der Waals surface area contributed by atoms with Gasteiger partial charge in [0, 0.05) is 13.6 Å². The molecule has 0 aliphatic carbocycles. The van der Waals surface area contributed by atoms with Gasteiger partial charge in [-0.3, -0.25) is 9.59 Å². The summed E-state index contributed by atoms with van der Waals surface area (Å²) < 4.78 is 6.60. The molecule has 1 N–H and O–H groups in total. The van der Waals surface area contributed by atoms with E-state index in [1.165, 1.54) is 5.56 Å². The molecule has 2 amide bonds. The molecule has 0 heterocycles. The van der Waals surface area contributed by atoms with Crippen LogP contribution in [-0.4, -0.2) is 36.4 Å². The number of hydrogen-bond donors (Lipinski definition) is 1. The van der Waals surface area contributed by atoms with E-state index in [9.17, 15) is 9.59 Å². The molecule has 0 unspecified atom stereocenters. The Bertz CT molecular complexity index is 854. The second kappa shape index (κ2) is 11.0. The SMILES string of the molecule is CCc1ccc(OCC(=O)N(Cc2ccccc2C)[C@@H](CC)C(=O)NC)c(Br)c1. The molecule has 6 heteroatoms. The first-order valence-corrected chi connectivity index (χ1v) is 10.7. The van der Waals surface area contributed by atoms with E-state index in [0.29, 0.717) is 18.7 Å². The lowest BCUT2D eigenvalue weighted by Crippen LogP contribution is -2.49. The number of aryl methyl sites for hydroxylation is 2. The summed E-state index contributed by atoms with van der Waals surface area (Å²) >= 11 is 3.50. The van der Waals surface area contributed by atoms with Gasteiger partial charge in [-0.1, -0.05) is 44.2 Å². The maximum Gasteiger partial charge on any atom is 0.261 e. The third kappa shape index (κ3) is 6.07. The Hall–Kier alpha value is -2.34. The molecule has 0 aliphatic rings. The molecular formula is C23H29BrN2O3. The highest BCUT2D eigenvalue weighted by Gasteiger charge is 2.28. The van der Waals surface area contributed by atoms with Crippen LogP contribution in [0.2, 0.25) is 0 Å². The van der Waals surface area contributed by atoms with Gasteiger partial charge in [-0.2, -0.15) is 0 Å². The summed E-state index contributed by atoms with van der Waals surface area (Å²) in [5.41, 5.74) is 3.27. The van der Waals surface area contributed by atoms with Crippen molar-refractivity contribution in [3.05, 3.63) is 63.6 Å². The fraction of sp³-hybridized carbons (Fsp3) is 0.391. The van der Waals surface area contributed by atoms with E-state index in [4.69, 9.17) is 4.74 Å². The van der Waals surface area contributed by atoms with Crippen LogP contribution in [0.15, 0.2) is 46.9 Å². The van der Waals surface area contributed by atoms with Crippen LogP contribution in [0, 0.1) is 6.92 Å². The van der Waals surface area contributed by atoms with E-state index >= 15 is 0 Å². The lowest BCUT2D eigenvalue weighted by atomic mass is 10.1. The molecule has 2 rings (SSSR count). The number of benzene rings is 2. The minimum Gasteiger partial charge on any atom is -0.483 e. The van der Waals surface area contributed by atoms with E-state index in [1.54, 1.807) is 11.9 Å². The molecular weight excluding hydrogens is 432 g/mol. The highest BCUT2D eigenvalue weighted by molar-refractivity contribution is 9.10. The largest absolute Gasteiger partial charge is 0.483 e. The lowest BCUT2D eigenvalue weighted by molar-refractivity contribution is -0.142. The highest BCUT2D eigenvalue weighted by atomic mass is 79.9. The van der Waals surface area contributed by atoms with Gasteiger partial charge in [0.2, 0.25) is 5.91 Å². The quantitative estimate of drug-likeness (QED) is 0.608. The number of likely N-dealkylation sites (N-methyl/N-ethyl adjacent to an activating group) is 1. The number of nitrogens with zero attached hydrogens (tertiary/aromatic N) is 1. The minimum atomic E-state index is -0.554. The Morgan fingerprint density at radius 1 is 1.17 bits per heavy atom. The Morgan fingerprint density at radius 3 is 2.48 bits per heavy atom. The molecule has 156 valence electrons. The van der Waals surface area contributed by atoms with Gasteiger partial charge in [0.15, 0.2) is 6.61 Å². The molecule has 0 bridgehead atoms. The molecule has 0 aliphatic heterocycles. The summed E-state index contributed by atoms with van der Waals surface area (Å²) in [6.07, 6.45) is 1.44. The van der Waals surface area contributed by atoms with Crippen molar-refractivity contribution in [3.63, 3.8) is 0 Å². The average Bonchev–Trinajstić information content (AvgIpc) is 2.73. The number of rotatable bonds is 9. The van der Waals surface area contributed by atoms with Crippen LogP contribution >= 0.6 is 15.9 Å². The smallest absolute Gasteiger partial charge is 0.261 e. The first-order valence-electron chi connectivity index (χ1n) is 9.88. The molecule has 0 spiro atoms. The molecule has 1 atom stereocenters. The highest BCUT2D eigenvalue weighted by Crippen LogP contribution is 2.26. The van der Waals surface area contributed by atoms with Crippen LogP contribution in [0.1, 0.15) is 37.0 Å². The van der Waals surface area contributed by atoms with Crippen LogP contribution in [0.4, 0.5) is 0 Å². The van der Waals surface area contributed by atoms with Crippen molar-refractivity contribution >= 4 is 27.7 Å². The van der Waals surface area contributed by atoms with Gasteiger partial charge in [-0.15, -0.1) is 0 Å². The molecule has 0 radical (unpaired) electrons. The first-order chi connectivity index (χ1) is 13.9. The molecule has 0 fully saturated rings. The molecule has 2 aromatic rings. The molecule has 0 saturated carbocycles. The van der Waals surface area contributed by atoms with Crippen molar-refractivity contribution in [2.24, 2.45) is 0 Å². The summed E-state index contributed by atoms with van der Waals surface area (Å²) in [6.45, 7) is 6.21. The minimum absolute atomic E-state index is 0.135. The predicted molar refractivity (Wildman–Crippen MR) is 119 cm³/mol. The van der Waals surface area contributed by atoms with Gasteiger partial charge in [0.05, 0.1) is 4.47 Å². The van der Waals surface area contributed by atoms with Gasteiger partial charge in [-0.25, -0.2) is 0 Å². The van der Waals surface area contributed by atoms with E-state index < -0.39 is 6.04 Å². The summed E-state index contributed by atoms with van der Waals surface area (Å²) in [5, 5.41) is 2.67. The van der Waals surface area contributed by atoms with Crippen LogP contribution in [0.25, 0.3) is 0 Å². The maximum absolute atomic E-state index is 13.1. The number of carbonyl (C=O) groups excluding carboxylic acids is 2. The zero-order chi connectivity index (χ0) is 21.4. The Labute approximate surface area is 181 Å². The van der Waals surface area contributed by atoms with Gasteiger partial charge in [-0.05, 0) is 64.5 Å². The van der Waals surface area contributed by atoms with Gasteiger partial charge < -0.3 is 15.0 Å². The normalized spacial score (nSPS) is 11.6. The average molecular weight is 461 g/mol. The van der Waals surface area contributed by atoms with Crippen molar-refractivity contribution in [2.45, 2.75) is 46.2 Å². The first kappa shape index (κ1) is 22.9. The van der Waals surface area contributed by atoms with Crippen molar-refractivity contribution < 1.29 is 14.3 Å². The van der Waals surface area contributed by atoms with E-state index in [-0.39, 0.29) is 18.4 Å². The summed E-state index contributed by atoms with van der Waals surface area (Å²) in [7, 11) is 1.59. The molecule has 5 nitrogen and oxygen atoms in total. The maximum atomic E-state index is 13.1. The number of carbonyl (C=O) groups is 2. The third-order valence-corrected chi connectivity index (χ3v) is 5.61. The number of ether oxygens (including phenoxy) is 1. The summed E-state index contributed by atoms with van der Waals surface area (Å²) in [4.78, 5) is 27.1. The molecule has 0 aromatic heterocycles. The Kier molecular flexibility index (Phi) is 8.70. The zero-order valence-corrected chi connectivity index (χ0v) is 19.1. The van der Waals surface area contributed by atoms with Crippen LogP contribution in [-0.2, 0) is 22.6 Å². The topological polar surface area (TPSA) is 58.6 Å². The second-order valence-corrected chi connectivity index (χ2v) is 7.75. The summed E-state index contributed by atoms with van der Waals surface area (Å²) in [6, 6.07) is 13.2. The fourth-order valence-electron chi connectivity index (χ4n) is 3.16. The monoisotopic (exact) mass is 460 g/mol. The molecule has 2 aromatic carbocycles. The standard InChI is InChI=1S/C23H29BrN2O3/c1-5-17-11-12-21(19(24)13-17)29-15-22(27)26(20(6-2)23(28)25-4)14-18-10-8-7-9-16(18)3/h7-13,20H,5-6,14-15H2,1-4H3,(H,25,28)/t20-/m0/s1.